The number of ether oxygens (including phenoxy) is 1. The molecule has 0 atom stereocenters. The van der Waals surface area contributed by atoms with Gasteiger partial charge in [0.1, 0.15) is 5.54 Å². The average molecular weight is 284 g/mol. The lowest BCUT2D eigenvalue weighted by Crippen LogP contribution is -2.65. The quantitative estimate of drug-likeness (QED) is 0.706. The molecule has 20 heavy (non-hydrogen) atoms. The molecular formula is C14H24N2O4. The predicted octanol–water partition coefficient (Wildman–Crippen LogP) is 0.644. The first-order valence-corrected chi connectivity index (χ1v) is 7.31. The van der Waals surface area contributed by atoms with Gasteiger partial charge in [0.05, 0.1) is 5.54 Å². The Balaban J connectivity index is 2.08. The molecule has 6 heteroatoms. The van der Waals surface area contributed by atoms with E-state index in [1.807, 2.05) is 0 Å². The highest BCUT2D eigenvalue weighted by molar-refractivity contribution is 5.92. The summed E-state index contributed by atoms with van der Waals surface area (Å²) in [5, 5.41) is 12.3. The van der Waals surface area contributed by atoms with Crippen molar-refractivity contribution in [3.63, 3.8) is 0 Å². The van der Waals surface area contributed by atoms with Gasteiger partial charge in [-0.1, -0.05) is 6.92 Å². The Morgan fingerprint density at radius 1 is 1.20 bits per heavy atom. The van der Waals surface area contributed by atoms with Gasteiger partial charge in [0.15, 0.2) is 0 Å². The zero-order valence-electron chi connectivity index (χ0n) is 12.0. The molecule has 0 aromatic rings. The van der Waals surface area contributed by atoms with Crippen molar-refractivity contribution < 1.29 is 19.4 Å². The molecule has 1 saturated heterocycles. The van der Waals surface area contributed by atoms with Crippen molar-refractivity contribution in [2.45, 2.75) is 56.5 Å². The van der Waals surface area contributed by atoms with Gasteiger partial charge in [-0.2, -0.15) is 0 Å². The van der Waals surface area contributed by atoms with E-state index in [0.717, 1.165) is 12.8 Å². The van der Waals surface area contributed by atoms with Gasteiger partial charge in [-0.05, 0) is 44.4 Å². The van der Waals surface area contributed by atoms with Crippen LogP contribution in [0.3, 0.4) is 0 Å². The minimum absolute atomic E-state index is 0.349. The second-order valence-corrected chi connectivity index (χ2v) is 6.29. The number of carbonyl (C=O) groups is 2. The topological polar surface area (TPSA) is 102 Å². The number of hydrogen-bond donors (Lipinski definition) is 3. The van der Waals surface area contributed by atoms with Crippen LogP contribution in [0.25, 0.3) is 0 Å². The third kappa shape index (κ3) is 2.96. The third-order valence-corrected chi connectivity index (χ3v) is 4.73. The number of carbonyl (C=O) groups excluding carboxylic acids is 1. The van der Waals surface area contributed by atoms with Crippen molar-refractivity contribution in [2.24, 2.45) is 11.7 Å². The maximum Gasteiger partial charge on any atom is 0.329 e. The number of carboxylic acid groups (broad SMARTS) is 1. The zero-order valence-corrected chi connectivity index (χ0v) is 12.0. The van der Waals surface area contributed by atoms with Crippen LogP contribution in [0.1, 0.15) is 45.4 Å². The highest BCUT2D eigenvalue weighted by Gasteiger charge is 2.46. The molecule has 1 aliphatic heterocycles. The normalized spacial score (nSPS) is 33.4. The molecule has 0 bridgehead atoms. The largest absolute Gasteiger partial charge is 0.480 e. The molecule has 114 valence electrons. The van der Waals surface area contributed by atoms with Crippen LogP contribution < -0.4 is 11.1 Å². The van der Waals surface area contributed by atoms with E-state index < -0.39 is 17.0 Å². The fourth-order valence-corrected chi connectivity index (χ4v) is 2.95. The van der Waals surface area contributed by atoms with E-state index in [0.29, 0.717) is 44.8 Å². The maximum absolute atomic E-state index is 12.4. The number of nitrogens with one attached hydrogen (secondary N) is 1. The number of carboxylic acids is 1. The summed E-state index contributed by atoms with van der Waals surface area (Å²) in [7, 11) is 0. The number of aliphatic carboxylic acids is 1. The van der Waals surface area contributed by atoms with Crippen molar-refractivity contribution in [1.82, 2.24) is 5.32 Å². The summed E-state index contributed by atoms with van der Waals surface area (Å²) < 4.78 is 5.22. The first kappa shape index (κ1) is 15.3. The molecule has 1 saturated carbocycles. The Morgan fingerprint density at radius 2 is 1.75 bits per heavy atom. The Hall–Kier alpha value is -1.14. The fraction of sp³-hybridized carbons (Fsp3) is 0.857. The number of amides is 1. The zero-order chi connectivity index (χ0) is 14.8. The van der Waals surface area contributed by atoms with Crippen LogP contribution in [0.5, 0.6) is 0 Å². The molecule has 2 rings (SSSR count). The molecule has 4 N–H and O–H groups in total. The molecule has 0 aromatic heterocycles. The number of hydrogen-bond acceptors (Lipinski definition) is 4. The van der Waals surface area contributed by atoms with Gasteiger partial charge in [0, 0.05) is 13.2 Å². The van der Waals surface area contributed by atoms with E-state index in [4.69, 9.17) is 10.5 Å². The van der Waals surface area contributed by atoms with Crippen molar-refractivity contribution in [2.75, 3.05) is 13.2 Å². The number of rotatable bonds is 3. The van der Waals surface area contributed by atoms with Crippen molar-refractivity contribution in [1.29, 1.82) is 0 Å². The molecule has 1 aliphatic carbocycles. The molecule has 0 unspecified atom stereocenters. The maximum atomic E-state index is 12.4. The van der Waals surface area contributed by atoms with Gasteiger partial charge in [0.2, 0.25) is 5.91 Å². The van der Waals surface area contributed by atoms with Crippen LogP contribution >= 0.6 is 0 Å². The summed E-state index contributed by atoms with van der Waals surface area (Å²) >= 11 is 0. The Labute approximate surface area is 119 Å². The Kier molecular flexibility index (Phi) is 4.34. The summed E-state index contributed by atoms with van der Waals surface area (Å²) in [4.78, 5) is 24.0. The van der Waals surface area contributed by atoms with Gasteiger partial charge in [-0.3, -0.25) is 4.79 Å². The lowest BCUT2D eigenvalue weighted by Gasteiger charge is -2.40. The monoisotopic (exact) mass is 284 g/mol. The van der Waals surface area contributed by atoms with Crippen molar-refractivity contribution >= 4 is 11.9 Å². The van der Waals surface area contributed by atoms with Crippen LogP contribution in [-0.2, 0) is 14.3 Å². The minimum atomic E-state index is -1.14. The van der Waals surface area contributed by atoms with E-state index in [1.54, 1.807) is 0 Å². The van der Waals surface area contributed by atoms with Crippen molar-refractivity contribution in [3.05, 3.63) is 0 Å². The molecule has 1 heterocycles. The second-order valence-electron chi connectivity index (χ2n) is 6.29. The predicted molar refractivity (Wildman–Crippen MR) is 73.1 cm³/mol. The molecule has 1 amide bonds. The lowest BCUT2D eigenvalue weighted by atomic mass is 9.76. The highest BCUT2D eigenvalue weighted by atomic mass is 16.5. The summed E-state index contributed by atoms with van der Waals surface area (Å²) in [6, 6.07) is 0. The summed E-state index contributed by atoms with van der Waals surface area (Å²) in [6.45, 7) is 3.00. The smallest absolute Gasteiger partial charge is 0.329 e. The Morgan fingerprint density at radius 3 is 2.25 bits per heavy atom. The van der Waals surface area contributed by atoms with E-state index >= 15 is 0 Å². The Bertz CT molecular complexity index is 383. The summed E-state index contributed by atoms with van der Waals surface area (Å²) in [5.74, 6) is -0.791. The van der Waals surface area contributed by atoms with E-state index in [-0.39, 0.29) is 5.91 Å². The van der Waals surface area contributed by atoms with Gasteiger partial charge in [0.25, 0.3) is 0 Å². The minimum Gasteiger partial charge on any atom is -0.480 e. The van der Waals surface area contributed by atoms with E-state index in [9.17, 15) is 14.7 Å². The highest BCUT2D eigenvalue weighted by Crippen LogP contribution is 2.33. The van der Waals surface area contributed by atoms with E-state index in [1.165, 1.54) is 0 Å². The van der Waals surface area contributed by atoms with Gasteiger partial charge < -0.3 is 20.9 Å². The molecule has 0 spiro atoms. The molecular weight excluding hydrogens is 260 g/mol. The summed E-state index contributed by atoms with van der Waals surface area (Å²) in [5.41, 5.74) is 3.98. The summed E-state index contributed by atoms with van der Waals surface area (Å²) in [6.07, 6.45) is 3.44. The lowest BCUT2D eigenvalue weighted by molar-refractivity contribution is -0.151. The van der Waals surface area contributed by atoms with Gasteiger partial charge in [-0.25, -0.2) is 4.79 Å². The number of nitrogens with two attached hydrogens (primary N) is 1. The molecule has 6 nitrogen and oxygen atoms in total. The standard InChI is InChI=1S/C14H24N2O4/c1-10-2-4-14(5-3-10,12(18)19)16-11(17)13(15)6-8-20-9-7-13/h10H,2-9,15H2,1H3,(H,16,17)(H,18,19). The SMILES string of the molecule is CC1CCC(NC(=O)C2(N)CCOCC2)(C(=O)O)CC1. The molecule has 0 radical (unpaired) electrons. The second kappa shape index (κ2) is 5.69. The van der Waals surface area contributed by atoms with Crippen LogP contribution in [0, 0.1) is 5.92 Å². The third-order valence-electron chi connectivity index (χ3n) is 4.73. The van der Waals surface area contributed by atoms with Crippen LogP contribution in [0.4, 0.5) is 0 Å². The fourth-order valence-electron chi connectivity index (χ4n) is 2.95. The first-order valence-electron chi connectivity index (χ1n) is 7.31. The molecule has 2 fully saturated rings. The van der Waals surface area contributed by atoms with Gasteiger partial charge >= 0.3 is 5.97 Å². The van der Waals surface area contributed by atoms with Crippen LogP contribution in [0.2, 0.25) is 0 Å². The van der Waals surface area contributed by atoms with Crippen molar-refractivity contribution in [3.8, 4) is 0 Å². The van der Waals surface area contributed by atoms with Crippen LogP contribution in [-0.4, -0.2) is 41.3 Å². The first-order chi connectivity index (χ1) is 9.38. The molecule has 0 aromatic carbocycles. The van der Waals surface area contributed by atoms with E-state index in [2.05, 4.69) is 12.2 Å². The molecule has 2 aliphatic rings. The average Bonchev–Trinajstić information content (AvgIpc) is 2.42. The van der Waals surface area contributed by atoms with Gasteiger partial charge in [-0.15, -0.1) is 0 Å². The van der Waals surface area contributed by atoms with Crippen LogP contribution in [0.15, 0.2) is 0 Å².